The molecule has 0 bridgehead atoms. The first-order valence-corrected chi connectivity index (χ1v) is 6.15. The van der Waals surface area contributed by atoms with E-state index in [1.54, 1.807) is 13.2 Å². The van der Waals surface area contributed by atoms with Crippen molar-refractivity contribution in [2.75, 3.05) is 13.7 Å². The van der Waals surface area contributed by atoms with E-state index in [2.05, 4.69) is 10.4 Å². The summed E-state index contributed by atoms with van der Waals surface area (Å²) in [6, 6.07) is 3.72. The fraction of sp³-hybridized carbons (Fsp3) is 0.667. The third kappa shape index (κ3) is 3.30. The number of methoxy groups -OCH3 is 1. The number of hydrogen-bond acceptors (Lipinski definition) is 4. The number of aryl methyl sites for hydroxylation is 1. The molecule has 2 rings (SSSR count). The van der Waals surface area contributed by atoms with Crippen molar-refractivity contribution in [3.63, 3.8) is 0 Å². The minimum Gasteiger partial charge on any atom is -0.480 e. The minimum absolute atomic E-state index is 0.0646. The summed E-state index contributed by atoms with van der Waals surface area (Å²) in [6.45, 7) is 1.79. The molecule has 5 heteroatoms. The topological polar surface area (TPSA) is 56.1 Å². The van der Waals surface area contributed by atoms with Crippen LogP contribution in [0.25, 0.3) is 0 Å². The molecule has 1 aliphatic rings. The van der Waals surface area contributed by atoms with E-state index < -0.39 is 0 Å². The van der Waals surface area contributed by atoms with Crippen molar-refractivity contribution in [2.24, 2.45) is 0 Å². The Kier molecular flexibility index (Phi) is 4.14. The lowest BCUT2D eigenvalue weighted by Gasteiger charge is -2.10. The SMILES string of the molecule is COc1ccc(=O)n(CCCC2CCCN2)n1. The number of nitrogens with zero attached hydrogens (tertiary/aromatic N) is 2. The van der Waals surface area contributed by atoms with E-state index in [9.17, 15) is 4.79 Å². The van der Waals surface area contributed by atoms with Crippen LogP contribution in [0.4, 0.5) is 0 Å². The van der Waals surface area contributed by atoms with Gasteiger partial charge in [0.1, 0.15) is 0 Å². The molecule has 5 nitrogen and oxygen atoms in total. The van der Waals surface area contributed by atoms with Gasteiger partial charge in [-0.25, -0.2) is 4.68 Å². The summed E-state index contributed by atoms with van der Waals surface area (Å²) < 4.78 is 6.49. The van der Waals surface area contributed by atoms with E-state index in [1.165, 1.54) is 23.6 Å². The lowest BCUT2D eigenvalue weighted by Crippen LogP contribution is -2.25. The molecule has 94 valence electrons. The summed E-state index contributed by atoms with van der Waals surface area (Å²) in [6.07, 6.45) is 4.59. The maximum absolute atomic E-state index is 11.5. The average Bonchev–Trinajstić information content (AvgIpc) is 2.84. The minimum atomic E-state index is -0.0646. The first kappa shape index (κ1) is 12.1. The van der Waals surface area contributed by atoms with Gasteiger partial charge in [0.05, 0.1) is 7.11 Å². The van der Waals surface area contributed by atoms with E-state index in [-0.39, 0.29) is 5.56 Å². The highest BCUT2D eigenvalue weighted by atomic mass is 16.5. The van der Waals surface area contributed by atoms with Gasteiger partial charge in [-0.05, 0) is 32.2 Å². The Hall–Kier alpha value is -1.36. The highest BCUT2D eigenvalue weighted by Crippen LogP contribution is 2.11. The number of hydrogen-bond donors (Lipinski definition) is 1. The van der Waals surface area contributed by atoms with E-state index >= 15 is 0 Å². The zero-order valence-electron chi connectivity index (χ0n) is 10.2. The largest absolute Gasteiger partial charge is 0.480 e. The van der Waals surface area contributed by atoms with Gasteiger partial charge in [-0.3, -0.25) is 4.79 Å². The molecule has 1 N–H and O–H groups in total. The second-order valence-corrected chi connectivity index (χ2v) is 4.37. The van der Waals surface area contributed by atoms with Crippen LogP contribution in [0, 0.1) is 0 Å². The predicted octanol–water partition coefficient (Wildman–Crippen LogP) is 0.784. The molecule has 0 aliphatic carbocycles. The lowest BCUT2D eigenvalue weighted by atomic mass is 10.1. The highest BCUT2D eigenvalue weighted by Gasteiger charge is 2.13. The fourth-order valence-electron chi connectivity index (χ4n) is 2.19. The molecule has 1 aliphatic heterocycles. The first-order chi connectivity index (χ1) is 8.29. The zero-order chi connectivity index (χ0) is 12.1. The second-order valence-electron chi connectivity index (χ2n) is 4.37. The quantitative estimate of drug-likeness (QED) is 0.822. The van der Waals surface area contributed by atoms with E-state index in [0.717, 1.165) is 19.4 Å². The third-order valence-electron chi connectivity index (χ3n) is 3.14. The maximum atomic E-state index is 11.5. The molecule has 1 fully saturated rings. The number of aromatic nitrogens is 2. The molecule has 1 unspecified atom stereocenters. The molecular formula is C12H19N3O2. The number of ether oxygens (including phenoxy) is 1. The van der Waals surface area contributed by atoms with Crippen molar-refractivity contribution < 1.29 is 4.74 Å². The standard InChI is InChI=1S/C12H19N3O2/c1-17-11-6-7-12(16)15(14-11)9-3-5-10-4-2-8-13-10/h6-7,10,13H,2-5,8-9H2,1H3. The molecule has 0 saturated carbocycles. The van der Waals surface area contributed by atoms with Crippen molar-refractivity contribution >= 4 is 0 Å². The van der Waals surface area contributed by atoms with Gasteiger partial charge in [-0.15, -0.1) is 5.10 Å². The van der Waals surface area contributed by atoms with Crippen LogP contribution >= 0.6 is 0 Å². The van der Waals surface area contributed by atoms with Gasteiger partial charge in [0.15, 0.2) is 0 Å². The van der Waals surface area contributed by atoms with Crippen molar-refractivity contribution in [1.82, 2.24) is 15.1 Å². The molecule has 1 aromatic heterocycles. The highest BCUT2D eigenvalue weighted by molar-refractivity contribution is 5.05. The van der Waals surface area contributed by atoms with Crippen LogP contribution in [-0.4, -0.2) is 29.5 Å². The molecule has 0 spiro atoms. The van der Waals surface area contributed by atoms with Crippen LogP contribution in [-0.2, 0) is 6.54 Å². The molecule has 0 radical (unpaired) electrons. The molecule has 2 heterocycles. The normalized spacial score (nSPS) is 19.5. The third-order valence-corrected chi connectivity index (χ3v) is 3.14. The Labute approximate surface area is 101 Å². The van der Waals surface area contributed by atoms with Gasteiger partial charge in [-0.1, -0.05) is 0 Å². The van der Waals surface area contributed by atoms with Gasteiger partial charge >= 0.3 is 0 Å². The molecule has 17 heavy (non-hydrogen) atoms. The van der Waals surface area contributed by atoms with E-state index in [1.807, 2.05) is 0 Å². The van der Waals surface area contributed by atoms with Crippen molar-refractivity contribution in [2.45, 2.75) is 38.3 Å². The van der Waals surface area contributed by atoms with E-state index in [0.29, 0.717) is 18.5 Å². The van der Waals surface area contributed by atoms with Crippen LogP contribution in [0.1, 0.15) is 25.7 Å². The Morgan fingerprint density at radius 2 is 2.47 bits per heavy atom. The van der Waals surface area contributed by atoms with Gasteiger partial charge < -0.3 is 10.1 Å². The average molecular weight is 237 g/mol. The fourth-order valence-corrected chi connectivity index (χ4v) is 2.19. The Morgan fingerprint density at radius 3 is 3.18 bits per heavy atom. The van der Waals surface area contributed by atoms with Crippen molar-refractivity contribution in [3.05, 3.63) is 22.5 Å². The molecule has 1 atom stereocenters. The molecule has 0 aromatic carbocycles. The van der Waals surface area contributed by atoms with Gasteiger partial charge in [0.25, 0.3) is 5.56 Å². The summed E-state index contributed by atoms with van der Waals surface area (Å²) in [5.41, 5.74) is -0.0646. The van der Waals surface area contributed by atoms with Crippen molar-refractivity contribution in [3.8, 4) is 5.88 Å². The Morgan fingerprint density at radius 1 is 1.59 bits per heavy atom. The summed E-state index contributed by atoms with van der Waals surface area (Å²) in [5, 5.41) is 7.56. The smallest absolute Gasteiger partial charge is 0.266 e. The van der Waals surface area contributed by atoms with Crippen LogP contribution < -0.4 is 15.6 Å². The second kappa shape index (κ2) is 5.82. The number of rotatable bonds is 5. The zero-order valence-corrected chi connectivity index (χ0v) is 10.2. The summed E-state index contributed by atoms with van der Waals surface area (Å²) in [4.78, 5) is 11.5. The Balaban J connectivity index is 1.87. The summed E-state index contributed by atoms with van der Waals surface area (Å²) in [7, 11) is 1.56. The molecule has 1 aromatic rings. The monoisotopic (exact) mass is 237 g/mol. The maximum Gasteiger partial charge on any atom is 0.266 e. The van der Waals surface area contributed by atoms with E-state index in [4.69, 9.17) is 4.74 Å². The molecule has 1 saturated heterocycles. The van der Waals surface area contributed by atoms with Crippen LogP contribution in [0.3, 0.4) is 0 Å². The lowest BCUT2D eigenvalue weighted by molar-refractivity contribution is 0.370. The summed E-state index contributed by atoms with van der Waals surface area (Å²) in [5.74, 6) is 0.489. The van der Waals surface area contributed by atoms with Gasteiger partial charge in [-0.2, -0.15) is 0 Å². The molecule has 0 amide bonds. The van der Waals surface area contributed by atoms with Crippen LogP contribution in [0.15, 0.2) is 16.9 Å². The summed E-state index contributed by atoms with van der Waals surface area (Å²) >= 11 is 0. The molecular weight excluding hydrogens is 218 g/mol. The Bertz CT molecular complexity index is 410. The van der Waals surface area contributed by atoms with Gasteiger partial charge in [0, 0.05) is 24.7 Å². The van der Waals surface area contributed by atoms with Crippen LogP contribution in [0.5, 0.6) is 5.88 Å². The van der Waals surface area contributed by atoms with Crippen LogP contribution in [0.2, 0.25) is 0 Å². The van der Waals surface area contributed by atoms with Crippen molar-refractivity contribution in [1.29, 1.82) is 0 Å². The van der Waals surface area contributed by atoms with Gasteiger partial charge in [0.2, 0.25) is 5.88 Å². The number of nitrogens with one attached hydrogen (secondary N) is 1. The predicted molar refractivity (Wildman–Crippen MR) is 65.3 cm³/mol. The first-order valence-electron chi connectivity index (χ1n) is 6.15.